The van der Waals surface area contributed by atoms with Crippen LogP contribution < -0.4 is 10.6 Å². The molecule has 5 rings (SSSR count). The summed E-state index contributed by atoms with van der Waals surface area (Å²) in [6, 6.07) is 0.167. The number of imidazole rings is 1. The Kier molecular flexibility index (Phi) is 4.94. The van der Waals surface area contributed by atoms with Crippen LogP contribution in [0.3, 0.4) is 0 Å². The lowest BCUT2D eigenvalue weighted by atomic mass is 9.74. The summed E-state index contributed by atoms with van der Waals surface area (Å²) in [5.74, 6) is 0.880. The number of carbonyl (C=O) groups excluding carboxylic acids is 1. The lowest BCUT2D eigenvalue weighted by Crippen LogP contribution is -2.59. The van der Waals surface area contributed by atoms with Gasteiger partial charge in [0.05, 0.1) is 18.4 Å². The summed E-state index contributed by atoms with van der Waals surface area (Å²) >= 11 is 0. The number of aromatic nitrogens is 7. The molecule has 4 aromatic heterocycles. The van der Waals surface area contributed by atoms with Crippen LogP contribution in [-0.4, -0.2) is 58.4 Å². The van der Waals surface area contributed by atoms with Crippen LogP contribution in [0.25, 0.3) is 33.6 Å². The molecule has 0 aliphatic heterocycles. The molecule has 1 fully saturated rings. The first-order chi connectivity index (χ1) is 15.7. The molecule has 0 saturated heterocycles. The molecule has 10 nitrogen and oxygen atoms in total. The van der Waals surface area contributed by atoms with Gasteiger partial charge in [-0.25, -0.2) is 28.7 Å². The highest BCUT2D eigenvalue weighted by Gasteiger charge is 2.41. The molecule has 0 unspecified atom stereocenters. The van der Waals surface area contributed by atoms with Crippen LogP contribution in [0.15, 0.2) is 18.6 Å². The van der Waals surface area contributed by atoms with E-state index in [0.29, 0.717) is 34.4 Å². The van der Waals surface area contributed by atoms with Crippen molar-refractivity contribution in [2.24, 2.45) is 0 Å². The van der Waals surface area contributed by atoms with Crippen molar-refractivity contribution >= 4 is 34.2 Å². The van der Waals surface area contributed by atoms with Gasteiger partial charge >= 0.3 is 0 Å². The summed E-state index contributed by atoms with van der Waals surface area (Å²) < 4.78 is 27.4. The van der Waals surface area contributed by atoms with Crippen molar-refractivity contribution in [3.05, 3.63) is 24.4 Å². The summed E-state index contributed by atoms with van der Waals surface area (Å²) in [4.78, 5) is 36.5. The largest absolute Gasteiger partial charge is 0.351 e. The predicted octanol–water partition coefficient (Wildman–Crippen LogP) is 2.81. The Morgan fingerprint density at radius 3 is 2.79 bits per heavy atom. The standard InChI is InChI=1S/C21H23F2N9O/c1-10-27-18-19(32(10)9-16(22)23)29-15(8-25-18)13-6-24-17-14(13)7-26-20(30-17)28-12-4-21(3,5-12)31-11(2)33/h6-8,12,16H,4-5,9H2,1-3H3,(H,31,33)(H2,24,26,28,30)/t12-,21-. The molecule has 12 heteroatoms. The van der Waals surface area contributed by atoms with Gasteiger partial charge in [-0.2, -0.15) is 4.98 Å². The zero-order chi connectivity index (χ0) is 23.3. The van der Waals surface area contributed by atoms with Gasteiger partial charge < -0.3 is 20.2 Å². The van der Waals surface area contributed by atoms with Crippen molar-refractivity contribution < 1.29 is 13.6 Å². The first kappa shape index (κ1) is 21.2. The highest BCUT2D eigenvalue weighted by Crippen LogP contribution is 2.34. The van der Waals surface area contributed by atoms with Crippen LogP contribution in [0.1, 0.15) is 32.5 Å². The lowest BCUT2D eigenvalue weighted by molar-refractivity contribution is -0.121. The summed E-state index contributed by atoms with van der Waals surface area (Å²) in [5.41, 5.74) is 2.27. The fourth-order valence-corrected chi connectivity index (χ4v) is 4.51. The van der Waals surface area contributed by atoms with Crippen molar-refractivity contribution in [2.45, 2.75) is 58.2 Å². The second kappa shape index (κ2) is 7.71. The molecule has 1 aliphatic rings. The molecular weight excluding hydrogens is 432 g/mol. The van der Waals surface area contributed by atoms with Crippen LogP contribution in [0.4, 0.5) is 14.7 Å². The van der Waals surface area contributed by atoms with Crippen LogP contribution in [0, 0.1) is 6.92 Å². The molecule has 4 aromatic rings. The second-order valence-corrected chi connectivity index (χ2v) is 8.71. The van der Waals surface area contributed by atoms with E-state index in [1.54, 1.807) is 25.5 Å². The number of H-pyrrole nitrogens is 1. The molecule has 4 heterocycles. The molecule has 1 saturated carbocycles. The summed E-state index contributed by atoms with van der Waals surface area (Å²) in [5, 5.41) is 7.00. The highest BCUT2D eigenvalue weighted by atomic mass is 19.3. The Labute approximate surface area is 187 Å². The van der Waals surface area contributed by atoms with Crippen molar-refractivity contribution in [3.8, 4) is 11.3 Å². The molecular formula is C21H23F2N9O. The van der Waals surface area contributed by atoms with Crippen LogP contribution in [0.5, 0.6) is 0 Å². The van der Waals surface area contributed by atoms with E-state index in [-0.39, 0.29) is 17.5 Å². The van der Waals surface area contributed by atoms with E-state index in [0.717, 1.165) is 23.8 Å². The number of nitrogens with zero attached hydrogens (tertiary/aromatic N) is 6. The maximum Gasteiger partial charge on any atom is 0.256 e. The Bertz CT molecular complexity index is 1360. The van der Waals surface area contributed by atoms with Gasteiger partial charge in [0.25, 0.3) is 6.43 Å². The number of carbonyl (C=O) groups is 1. The third-order valence-corrected chi connectivity index (χ3v) is 5.88. The number of alkyl halides is 2. The van der Waals surface area contributed by atoms with E-state index in [4.69, 9.17) is 0 Å². The topological polar surface area (TPSA) is 126 Å². The number of hydrogen-bond donors (Lipinski definition) is 3. The Balaban J connectivity index is 1.39. The number of amides is 1. The van der Waals surface area contributed by atoms with Crippen molar-refractivity contribution in [1.82, 2.24) is 39.8 Å². The number of fused-ring (bicyclic) bond motifs is 2. The maximum atomic E-state index is 13.0. The normalized spacial score (nSPS) is 20.4. The molecule has 0 aromatic carbocycles. The third-order valence-electron chi connectivity index (χ3n) is 5.88. The zero-order valence-electron chi connectivity index (χ0n) is 18.4. The van der Waals surface area contributed by atoms with Gasteiger partial charge in [0.2, 0.25) is 11.9 Å². The highest BCUT2D eigenvalue weighted by molar-refractivity contribution is 5.93. The van der Waals surface area contributed by atoms with E-state index >= 15 is 0 Å². The van der Waals surface area contributed by atoms with Gasteiger partial charge in [-0.3, -0.25) is 4.79 Å². The Hall–Kier alpha value is -3.70. The fourth-order valence-electron chi connectivity index (χ4n) is 4.51. The molecule has 1 amide bonds. The van der Waals surface area contributed by atoms with Gasteiger partial charge in [-0.05, 0) is 26.7 Å². The summed E-state index contributed by atoms with van der Waals surface area (Å²) in [6.07, 6.45) is 4.04. The van der Waals surface area contributed by atoms with E-state index in [1.165, 1.54) is 11.5 Å². The minimum absolute atomic E-state index is 0.0405. The predicted molar refractivity (Wildman–Crippen MR) is 118 cm³/mol. The van der Waals surface area contributed by atoms with E-state index in [1.807, 2.05) is 6.92 Å². The average Bonchev–Trinajstić information content (AvgIpc) is 3.26. The zero-order valence-corrected chi connectivity index (χ0v) is 18.4. The van der Waals surface area contributed by atoms with Crippen LogP contribution in [0.2, 0.25) is 0 Å². The molecule has 33 heavy (non-hydrogen) atoms. The monoisotopic (exact) mass is 455 g/mol. The summed E-state index contributed by atoms with van der Waals surface area (Å²) in [6.45, 7) is 4.69. The maximum absolute atomic E-state index is 13.0. The number of anilines is 1. The Morgan fingerprint density at radius 2 is 2.06 bits per heavy atom. The second-order valence-electron chi connectivity index (χ2n) is 8.71. The van der Waals surface area contributed by atoms with Gasteiger partial charge in [0.1, 0.15) is 11.5 Å². The van der Waals surface area contributed by atoms with Gasteiger partial charge in [0.15, 0.2) is 11.3 Å². The lowest BCUT2D eigenvalue weighted by Gasteiger charge is -2.45. The number of aryl methyl sites for hydroxylation is 1. The van der Waals surface area contributed by atoms with Gasteiger partial charge in [-0.15, -0.1) is 0 Å². The van der Waals surface area contributed by atoms with E-state index in [2.05, 4.69) is 40.5 Å². The molecule has 0 bridgehead atoms. The molecule has 172 valence electrons. The van der Waals surface area contributed by atoms with Gasteiger partial charge in [-0.1, -0.05) is 0 Å². The van der Waals surface area contributed by atoms with E-state index in [9.17, 15) is 13.6 Å². The average molecular weight is 455 g/mol. The van der Waals surface area contributed by atoms with Crippen molar-refractivity contribution in [1.29, 1.82) is 0 Å². The molecule has 3 N–H and O–H groups in total. The number of hydrogen-bond acceptors (Lipinski definition) is 7. The SMILES string of the molecule is CC(=O)N[C@]1(C)C[C@@H](Nc2ncc3c(-c4cnc5nc(C)n(CC(F)F)c5n4)c[nH]c3n2)C1. The van der Waals surface area contributed by atoms with Crippen LogP contribution in [-0.2, 0) is 11.3 Å². The number of aromatic amines is 1. The first-order valence-corrected chi connectivity index (χ1v) is 10.6. The molecule has 0 radical (unpaired) electrons. The van der Waals surface area contributed by atoms with Crippen molar-refractivity contribution in [3.63, 3.8) is 0 Å². The fraction of sp³-hybridized carbons (Fsp3) is 0.429. The molecule has 1 aliphatic carbocycles. The minimum Gasteiger partial charge on any atom is -0.351 e. The van der Waals surface area contributed by atoms with Crippen molar-refractivity contribution in [2.75, 3.05) is 5.32 Å². The Morgan fingerprint density at radius 1 is 1.27 bits per heavy atom. The summed E-state index contributed by atoms with van der Waals surface area (Å²) in [7, 11) is 0. The smallest absolute Gasteiger partial charge is 0.256 e. The quantitative estimate of drug-likeness (QED) is 0.408. The molecule has 0 atom stereocenters. The minimum atomic E-state index is -2.52. The number of rotatable bonds is 6. The number of halogens is 2. The van der Waals surface area contributed by atoms with Gasteiger partial charge in [0, 0.05) is 41.8 Å². The van der Waals surface area contributed by atoms with E-state index < -0.39 is 13.0 Å². The molecule has 0 spiro atoms. The number of nitrogens with one attached hydrogen (secondary N) is 3. The first-order valence-electron chi connectivity index (χ1n) is 10.6. The van der Waals surface area contributed by atoms with Crippen LogP contribution >= 0.6 is 0 Å². The third kappa shape index (κ3) is 3.96.